The summed E-state index contributed by atoms with van der Waals surface area (Å²) in [5.74, 6) is 0.323. The molecule has 4 heteroatoms. The molecule has 0 spiro atoms. The molecule has 1 N–H and O–H groups in total. The van der Waals surface area contributed by atoms with Crippen molar-refractivity contribution in [2.75, 3.05) is 7.11 Å². The second-order valence-corrected chi connectivity index (χ2v) is 5.07. The van der Waals surface area contributed by atoms with E-state index in [1.54, 1.807) is 13.2 Å². The van der Waals surface area contributed by atoms with Crippen LogP contribution in [0, 0.1) is 5.82 Å². The van der Waals surface area contributed by atoms with Gasteiger partial charge in [-0.1, -0.05) is 29.8 Å². The third kappa shape index (κ3) is 3.95. The molecule has 0 fully saturated rings. The van der Waals surface area contributed by atoms with Crippen molar-refractivity contribution in [3.63, 3.8) is 0 Å². The van der Waals surface area contributed by atoms with Crippen LogP contribution < -0.4 is 4.74 Å². The molecule has 1 unspecified atom stereocenters. The van der Waals surface area contributed by atoms with Gasteiger partial charge in [-0.2, -0.15) is 0 Å². The van der Waals surface area contributed by atoms with Gasteiger partial charge < -0.3 is 9.84 Å². The number of methoxy groups -OCH3 is 1. The summed E-state index contributed by atoms with van der Waals surface area (Å²) in [4.78, 5) is 0. The maximum atomic E-state index is 13.3. The van der Waals surface area contributed by atoms with Crippen LogP contribution in [0.15, 0.2) is 42.5 Å². The molecule has 2 rings (SSSR count). The van der Waals surface area contributed by atoms with Crippen molar-refractivity contribution in [2.45, 2.75) is 18.9 Å². The summed E-state index contributed by atoms with van der Waals surface area (Å²) in [6, 6.07) is 12.1. The Balaban J connectivity index is 1.97. The van der Waals surface area contributed by atoms with E-state index in [0.29, 0.717) is 12.8 Å². The van der Waals surface area contributed by atoms with Gasteiger partial charge in [0, 0.05) is 0 Å². The van der Waals surface area contributed by atoms with E-state index in [4.69, 9.17) is 16.3 Å². The number of aliphatic hydroxyl groups is 1. The van der Waals surface area contributed by atoms with E-state index in [2.05, 4.69) is 0 Å². The zero-order chi connectivity index (χ0) is 14.5. The van der Waals surface area contributed by atoms with Crippen LogP contribution in [0.4, 0.5) is 4.39 Å². The maximum Gasteiger partial charge on any atom is 0.142 e. The van der Waals surface area contributed by atoms with Gasteiger partial charge in [-0.25, -0.2) is 4.39 Å². The highest BCUT2D eigenvalue weighted by atomic mass is 35.5. The predicted molar refractivity (Wildman–Crippen MR) is 77.8 cm³/mol. The normalized spacial score (nSPS) is 12.2. The monoisotopic (exact) mass is 294 g/mol. The highest BCUT2D eigenvalue weighted by molar-refractivity contribution is 6.30. The van der Waals surface area contributed by atoms with Crippen LogP contribution in [0.1, 0.15) is 11.1 Å². The zero-order valence-corrected chi connectivity index (χ0v) is 11.9. The minimum atomic E-state index is -0.566. The summed E-state index contributed by atoms with van der Waals surface area (Å²) < 4.78 is 18.4. The lowest BCUT2D eigenvalue weighted by atomic mass is 10.0. The summed E-state index contributed by atoms with van der Waals surface area (Å²) >= 11 is 5.63. The molecule has 0 aliphatic carbocycles. The van der Waals surface area contributed by atoms with Gasteiger partial charge in [0.1, 0.15) is 11.6 Å². The molecule has 0 aliphatic heterocycles. The number of rotatable bonds is 5. The zero-order valence-electron chi connectivity index (χ0n) is 11.1. The van der Waals surface area contributed by atoms with Gasteiger partial charge in [0.15, 0.2) is 0 Å². The molecule has 0 amide bonds. The Kier molecular flexibility index (Phi) is 4.99. The second-order valence-electron chi connectivity index (χ2n) is 4.66. The van der Waals surface area contributed by atoms with Crippen LogP contribution in [0.3, 0.4) is 0 Å². The van der Waals surface area contributed by atoms with E-state index < -0.39 is 11.9 Å². The molecule has 0 saturated heterocycles. The molecule has 0 heterocycles. The first-order chi connectivity index (χ1) is 9.58. The van der Waals surface area contributed by atoms with E-state index in [1.807, 2.05) is 24.3 Å². The lowest BCUT2D eigenvalue weighted by Gasteiger charge is -2.11. The summed E-state index contributed by atoms with van der Waals surface area (Å²) in [5.41, 5.74) is 1.74. The summed E-state index contributed by atoms with van der Waals surface area (Å²) in [5, 5.41) is 10.2. The van der Waals surface area contributed by atoms with Crippen molar-refractivity contribution in [3.8, 4) is 5.75 Å². The lowest BCUT2D eigenvalue weighted by molar-refractivity contribution is 0.175. The van der Waals surface area contributed by atoms with E-state index in [0.717, 1.165) is 16.9 Å². The molecule has 106 valence electrons. The molecule has 2 aromatic rings. The van der Waals surface area contributed by atoms with Crippen molar-refractivity contribution in [3.05, 3.63) is 64.4 Å². The first kappa shape index (κ1) is 14.8. The Morgan fingerprint density at radius 3 is 2.30 bits per heavy atom. The molecule has 0 aromatic heterocycles. The number of benzene rings is 2. The van der Waals surface area contributed by atoms with Crippen molar-refractivity contribution >= 4 is 11.6 Å². The Morgan fingerprint density at radius 1 is 1.10 bits per heavy atom. The SMILES string of the molecule is COc1ccc(CC(O)Cc2ccc(Cl)c(F)c2)cc1. The molecule has 2 nitrogen and oxygen atoms in total. The van der Waals surface area contributed by atoms with E-state index in [-0.39, 0.29) is 5.02 Å². The van der Waals surface area contributed by atoms with Crippen LogP contribution in [-0.2, 0) is 12.8 Å². The number of halogens is 2. The maximum absolute atomic E-state index is 13.3. The quantitative estimate of drug-likeness (QED) is 0.912. The third-order valence-corrected chi connectivity index (χ3v) is 3.39. The lowest BCUT2D eigenvalue weighted by Crippen LogP contribution is -2.14. The van der Waals surface area contributed by atoms with Gasteiger partial charge in [0.25, 0.3) is 0 Å². The van der Waals surface area contributed by atoms with Crippen molar-refractivity contribution in [1.29, 1.82) is 0 Å². The number of hydrogen-bond acceptors (Lipinski definition) is 2. The molecule has 0 saturated carbocycles. The summed E-state index contributed by atoms with van der Waals surface area (Å²) in [6.07, 6.45) is 0.331. The number of ether oxygens (including phenoxy) is 1. The van der Waals surface area contributed by atoms with E-state index in [1.165, 1.54) is 12.1 Å². The smallest absolute Gasteiger partial charge is 0.142 e. The number of aliphatic hydroxyl groups excluding tert-OH is 1. The molecule has 2 aromatic carbocycles. The molecule has 0 aliphatic rings. The first-order valence-electron chi connectivity index (χ1n) is 6.33. The van der Waals surface area contributed by atoms with Crippen LogP contribution in [-0.4, -0.2) is 18.3 Å². The van der Waals surface area contributed by atoms with Gasteiger partial charge in [-0.3, -0.25) is 0 Å². The van der Waals surface area contributed by atoms with Gasteiger partial charge in [-0.15, -0.1) is 0 Å². The summed E-state index contributed by atoms with van der Waals surface area (Å²) in [6.45, 7) is 0. The van der Waals surface area contributed by atoms with Crippen molar-refractivity contribution in [2.24, 2.45) is 0 Å². The fourth-order valence-corrected chi connectivity index (χ4v) is 2.16. The van der Waals surface area contributed by atoms with Crippen molar-refractivity contribution < 1.29 is 14.2 Å². The molecule has 0 radical (unpaired) electrons. The van der Waals surface area contributed by atoms with Crippen molar-refractivity contribution in [1.82, 2.24) is 0 Å². The Hall–Kier alpha value is -1.58. The van der Waals surface area contributed by atoms with E-state index >= 15 is 0 Å². The standard InChI is InChI=1S/C16H16ClFO2/c1-20-14-5-2-11(3-6-14)8-13(19)9-12-4-7-15(17)16(18)10-12/h2-7,10,13,19H,8-9H2,1H3. The Morgan fingerprint density at radius 2 is 1.70 bits per heavy atom. The second kappa shape index (κ2) is 6.73. The largest absolute Gasteiger partial charge is 0.497 e. The highest BCUT2D eigenvalue weighted by Gasteiger charge is 2.09. The van der Waals surface area contributed by atoms with Crippen LogP contribution in [0.2, 0.25) is 5.02 Å². The van der Waals surface area contributed by atoms with Gasteiger partial charge in [-0.05, 0) is 48.2 Å². The van der Waals surface area contributed by atoms with Gasteiger partial charge in [0.05, 0.1) is 18.2 Å². The molecular weight excluding hydrogens is 279 g/mol. The fraction of sp³-hybridized carbons (Fsp3) is 0.250. The summed E-state index contributed by atoms with van der Waals surface area (Å²) in [7, 11) is 1.61. The van der Waals surface area contributed by atoms with Crippen LogP contribution in [0.5, 0.6) is 5.75 Å². The minimum Gasteiger partial charge on any atom is -0.497 e. The van der Waals surface area contributed by atoms with Gasteiger partial charge >= 0.3 is 0 Å². The van der Waals surface area contributed by atoms with Crippen LogP contribution >= 0.6 is 11.6 Å². The van der Waals surface area contributed by atoms with Crippen LogP contribution in [0.25, 0.3) is 0 Å². The average Bonchev–Trinajstić information content (AvgIpc) is 2.44. The van der Waals surface area contributed by atoms with Gasteiger partial charge in [0.2, 0.25) is 0 Å². The molecule has 20 heavy (non-hydrogen) atoms. The first-order valence-corrected chi connectivity index (χ1v) is 6.71. The Labute approximate surface area is 122 Å². The molecule has 0 bridgehead atoms. The van der Waals surface area contributed by atoms with E-state index in [9.17, 15) is 9.50 Å². The average molecular weight is 295 g/mol. The topological polar surface area (TPSA) is 29.5 Å². The molecular formula is C16H16ClFO2. The highest BCUT2D eigenvalue weighted by Crippen LogP contribution is 2.18. The minimum absolute atomic E-state index is 0.0957. The fourth-order valence-electron chi connectivity index (χ4n) is 2.04. The third-order valence-electron chi connectivity index (χ3n) is 3.09. The predicted octanol–water partition coefficient (Wildman–Crippen LogP) is 3.63. The molecule has 1 atom stereocenters. The number of hydrogen-bond donors (Lipinski definition) is 1. The Bertz CT molecular complexity index is 569.